The van der Waals surface area contributed by atoms with Crippen LogP contribution in [0.4, 0.5) is 8.78 Å². The fourth-order valence-electron chi connectivity index (χ4n) is 2.73. The lowest BCUT2D eigenvalue weighted by Crippen LogP contribution is -2.54. The van der Waals surface area contributed by atoms with Crippen LogP contribution in [0.1, 0.15) is 32.4 Å². The van der Waals surface area contributed by atoms with Crippen molar-refractivity contribution in [2.45, 2.75) is 32.4 Å². The van der Waals surface area contributed by atoms with Gasteiger partial charge in [-0.25, -0.2) is 8.78 Å². The van der Waals surface area contributed by atoms with Crippen molar-refractivity contribution in [3.8, 4) is 0 Å². The lowest BCUT2D eigenvalue weighted by molar-refractivity contribution is 0.0598. The molecule has 1 heterocycles. The summed E-state index contributed by atoms with van der Waals surface area (Å²) in [5.41, 5.74) is 6.96. The van der Waals surface area contributed by atoms with E-state index in [1.165, 1.54) is 6.07 Å². The third-order valence-electron chi connectivity index (χ3n) is 4.15. The summed E-state index contributed by atoms with van der Waals surface area (Å²) in [4.78, 5) is 4.74. The molecule has 0 amide bonds. The van der Waals surface area contributed by atoms with E-state index in [9.17, 15) is 8.78 Å². The van der Waals surface area contributed by atoms with Gasteiger partial charge in [-0.1, -0.05) is 6.07 Å². The molecule has 118 valence electrons. The molecule has 1 aromatic carbocycles. The molecule has 0 radical (unpaired) electrons. The van der Waals surface area contributed by atoms with Gasteiger partial charge < -0.3 is 5.73 Å². The topological polar surface area (TPSA) is 32.5 Å². The molecule has 2 rings (SSSR count). The van der Waals surface area contributed by atoms with Crippen LogP contribution < -0.4 is 5.73 Å². The average Bonchev–Trinajstić information content (AvgIpc) is 2.41. The first-order valence-electron chi connectivity index (χ1n) is 7.45. The van der Waals surface area contributed by atoms with Crippen molar-refractivity contribution in [2.24, 2.45) is 5.73 Å². The van der Waals surface area contributed by atoms with Gasteiger partial charge in [-0.05, 0) is 38.5 Å². The highest BCUT2D eigenvalue weighted by molar-refractivity contribution is 5.21. The number of halogens is 2. The van der Waals surface area contributed by atoms with Crippen LogP contribution in [0.15, 0.2) is 18.2 Å². The smallest absolute Gasteiger partial charge is 0.159 e. The highest BCUT2D eigenvalue weighted by Gasteiger charge is 2.26. The molecule has 0 aromatic heterocycles. The van der Waals surface area contributed by atoms with Crippen LogP contribution >= 0.6 is 0 Å². The molecule has 3 nitrogen and oxygen atoms in total. The van der Waals surface area contributed by atoms with E-state index in [0.29, 0.717) is 12.1 Å². The minimum Gasteiger partial charge on any atom is -0.323 e. The van der Waals surface area contributed by atoms with Crippen molar-refractivity contribution in [1.82, 2.24) is 9.80 Å². The molecule has 1 aromatic rings. The Morgan fingerprint density at radius 1 is 1.10 bits per heavy atom. The second-order valence-electron chi connectivity index (χ2n) is 6.74. The number of hydrogen-bond donors (Lipinski definition) is 1. The maximum Gasteiger partial charge on any atom is 0.159 e. The predicted molar refractivity (Wildman–Crippen MR) is 81.1 cm³/mol. The first-order valence-corrected chi connectivity index (χ1v) is 7.45. The van der Waals surface area contributed by atoms with E-state index in [2.05, 4.69) is 30.6 Å². The largest absolute Gasteiger partial charge is 0.323 e. The van der Waals surface area contributed by atoms with E-state index in [4.69, 9.17) is 5.73 Å². The zero-order valence-corrected chi connectivity index (χ0v) is 13.1. The van der Waals surface area contributed by atoms with Gasteiger partial charge in [0.2, 0.25) is 0 Å². The third-order valence-corrected chi connectivity index (χ3v) is 4.15. The maximum absolute atomic E-state index is 13.2. The summed E-state index contributed by atoms with van der Waals surface area (Å²) in [6.45, 7) is 11.2. The van der Waals surface area contributed by atoms with E-state index < -0.39 is 11.6 Å². The number of rotatable bonds is 3. The third kappa shape index (κ3) is 4.22. The van der Waals surface area contributed by atoms with Crippen molar-refractivity contribution >= 4 is 0 Å². The maximum atomic E-state index is 13.2. The van der Waals surface area contributed by atoms with Crippen LogP contribution in [0.5, 0.6) is 0 Å². The number of benzene rings is 1. The first kappa shape index (κ1) is 16.3. The number of hydrogen-bond acceptors (Lipinski definition) is 3. The van der Waals surface area contributed by atoms with Gasteiger partial charge in [0.15, 0.2) is 11.6 Å². The Hall–Kier alpha value is -1.04. The summed E-state index contributed by atoms with van der Waals surface area (Å²) < 4.78 is 26.2. The molecule has 1 unspecified atom stereocenters. The van der Waals surface area contributed by atoms with Crippen LogP contribution in [-0.4, -0.2) is 48.1 Å². The molecule has 21 heavy (non-hydrogen) atoms. The summed E-state index contributed by atoms with van der Waals surface area (Å²) in [7, 11) is 0. The highest BCUT2D eigenvalue weighted by Crippen LogP contribution is 2.19. The van der Waals surface area contributed by atoms with Crippen molar-refractivity contribution in [1.29, 1.82) is 0 Å². The second kappa shape index (κ2) is 6.38. The van der Waals surface area contributed by atoms with Gasteiger partial charge in [0.1, 0.15) is 0 Å². The summed E-state index contributed by atoms with van der Waals surface area (Å²) in [6.07, 6.45) is 0. The molecular formula is C16H25F2N3. The van der Waals surface area contributed by atoms with E-state index in [0.717, 1.165) is 32.2 Å². The molecule has 1 aliphatic heterocycles. The lowest BCUT2D eigenvalue weighted by atomic mass is 10.0. The Morgan fingerprint density at radius 2 is 1.71 bits per heavy atom. The van der Waals surface area contributed by atoms with Gasteiger partial charge in [-0.3, -0.25) is 9.80 Å². The van der Waals surface area contributed by atoms with Crippen LogP contribution in [0, 0.1) is 11.6 Å². The second-order valence-corrected chi connectivity index (χ2v) is 6.74. The molecule has 2 N–H and O–H groups in total. The standard InChI is InChI=1S/C16H25F2N3/c1-16(2,3)21-8-6-20(7-9-21)11-15(19)12-4-5-13(17)14(18)10-12/h4-5,10,15H,6-9,11,19H2,1-3H3. The number of nitrogens with two attached hydrogens (primary N) is 1. The SMILES string of the molecule is CC(C)(C)N1CCN(CC(N)c2ccc(F)c(F)c2)CC1. The summed E-state index contributed by atoms with van der Waals surface area (Å²) in [6, 6.07) is 3.61. The van der Waals surface area contributed by atoms with Crippen LogP contribution in [0.3, 0.4) is 0 Å². The molecule has 0 aliphatic carbocycles. The summed E-state index contributed by atoms with van der Waals surface area (Å²) in [5, 5.41) is 0. The monoisotopic (exact) mass is 297 g/mol. The molecule has 1 atom stereocenters. The average molecular weight is 297 g/mol. The van der Waals surface area contributed by atoms with Gasteiger partial charge in [-0.15, -0.1) is 0 Å². The zero-order chi connectivity index (χ0) is 15.6. The van der Waals surface area contributed by atoms with Crippen molar-refractivity contribution < 1.29 is 8.78 Å². The highest BCUT2D eigenvalue weighted by atomic mass is 19.2. The molecule has 0 spiro atoms. The van der Waals surface area contributed by atoms with Gasteiger partial charge >= 0.3 is 0 Å². The number of nitrogens with zero attached hydrogens (tertiary/aromatic N) is 2. The van der Waals surface area contributed by atoms with Crippen LogP contribution in [0.25, 0.3) is 0 Å². The molecule has 5 heteroatoms. The minimum atomic E-state index is -0.833. The van der Waals surface area contributed by atoms with E-state index in [-0.39, 0.29) is 11.6 Å². The Bertz CT molecular complexity index is 477. The first-order chi connectivity index (χ1) is 9.77. The van der Waals surface area contributed by atoms with Gasteiger partial charge in [-0.2, -0.15) is 0 Å². The molecule has 1 saturated heterocycles. The van der Waals surface area contributed by atoms with Crippen molar-refractivity contribution in [3.63, 3.8) is 0 Å². The fourth-order valence-corrected chi connectivity index (χ4v) is 2.73. The van der Waals surface area contributed by atoms with Gasteiger partial charge in [0.05, 0.1) is 0 Å². The minimum absolute atomic E-state index is 0.189. The molecule has 0 saturated carbocycles. The van der Waals surface area contributed by atoms with E-state index >= 15 is 0 Å². The quantitative estimate of drug-likeness (QED) is 0.930. The van der Waals surface area contributed by atoms with Crippen molar-refractivity contribution in [3.05, 3.63) is 35.4 Å². The van der Waals surface area contributed by atoms with Gasteiger partial charge in [0, 0.05) is 44.3 Å². The molecule has 0 bridgehead atoms. The summed E-state index contributed by atoms with van der Waals surface area (Å²) in [5.74, 6) is -1.66. The Morgan fingerprint density at radius 3 is 2.24 bits per heavy atom. The Kier molecular flexibility index (Phi) is 4.96. The van der Waals surface area contributed by atoms with E-state index in [1.807, 2.05) is 0 Å². The normalized spacial score (nSPS) is 19.7. The summed E-state index contributed by atoms with van der Waals surface area (Å²) >= 11 is 0. The van der Waals surface area contributed by atoms with Crippen molar-refractivity contribution in [2.75, 3.05) is 32.7 Å². The van der Waals surface area contributed by atoms with Crippen LogP contribution in [-0.2, 0) is 0 Å². The number of piperazine rings is 1. The lowest BCUT2D eigenvalue weighted by Gasteiger charge is -2.42. The van der Waals surface area contributed by atoms with E-state index in [1.54, 1.807) is 6.07 Å². The fraction of sp³-hybridized carbons (Fsp3) is 0.625. The Balaban J connectivity index is 1.89. The predicted octanol–water partition coefficient (Wildman–Crippen LogP) is 2.38. The zero-order valence-electron chi connectivity index (χ0n) is 13.1. The molecule has 1 fully saturated rings. The van der Waals surface area contributed by atoms with Crippen LogP contribution in [0.2, 0.25) is 0 Å². The molecule has 1 aliphatic rings. The van der Waals surface area contributed by atoms with Gasteiger partial charge in [0.25, 0.3) is 0 Å². The molecular weight excluding hydrogens is 272 g/mol. The Labute approximate surface area is 125 Å².